The van der Waals surface area contributed by atoms with Crippen molar-refractivity contribution in [3.8, 4) is 0 Å². The number of nitrogen functional groups attached to an aromatic ring is 1. The number of aromatic nitrogens is 1. The molecule has 0 bridgehead atoms. The number of hydrogen-bond acceptors (Lipinski definition) is 3. The second-order valence-electron chi connectivity index (χ2n) is 5.32. The van der Waals surface area contributed by atoms with Crippen LogP contribution in [0.4, 0.5) is 5.69 Å². The van der Waals surface area contributed by atoms with Gasteiger partial charge in [-0.15, -0.1) is 0 Å². The van der Waals surface area contributed by atoms with Crippen LogP contribution in [0.1, 0.15) is 43.1 Å². The number of amides is 1. The summed E-state index contributed by atoms with van der Waals surface area (Å²) in [5.74, 6) is 0.701. The van der Waals surface area contributed by atoms with Crippen LogP contribution in [-0.2, 0) is 0 Å². The molecule has 18 heavy (non-hydrogen) atoms. The van der Waals surface area contributed by atoms with Crippen LogP contribution < -0.4 is 5.73 Å². The molecule has 2 atom stereocenters. The Labute approximate surface area is 108 Å². The fourth-order valence-corrected chi connectivity index (χ4v) is 2.63. The van der Waals surface area contributed by atoms with Crippen LogP contribution >= 0.6 is 0 Å². The molecule has 2 unspecified atom stereocenters. The minimum atomic E-state index is -0.00546. The second-order valence-corrected chi connectivity index (χ2v) is 5.32. The van der Waals surface area contributed by atoms with Gasteiger partial charge in [-0.2, -0.15) is 0 Å². The van der Waals surface area contributed by atoms with Crippen molar-refractivity contribution in [1.82, 2.24) is 9.88 Å². The van der Waals surface area contributed by atoms with Gasteiger partial charge in [0.25, 0.3) is 5.91 Å². The molecule has 0 aliphatic heterocycles. The van der Waals surface area contributed by atoms with Gasteiger partial charge in [0.05, 0.1) is 11.9 Å². The van der Waals surface area contributed by atoms with Gasteiger partial charge in [0.1, 0.15) is 5.69 Å². The van der Waals surface area contributed by atoms with E-state index in [4.69, 9.17) is 5.73 Å². The third-order valence-electron chi connectivity index (χ3n) is 3.78. The van der Waals surface area contributed by atoms with Crippen molar-refractivity contribution in [1.29, 1.82) is 0 Å². The zero-order chi connectivity index (χ0) is 13.1. The Morgan fingerprint density at radius 2 is 2.22 bits per heavy atom. The molecule has 2 N–H and O–H groups in total. The maximum absolute atomic E-state index is 12.3. The third-order valence-corrected chi connectivity index (χ3v) is 3.78. The Kier molecular flexibility index (Phi) is 3.84. The van der Waals surface area contributed by atoms with E-state index in [2.05, 4.69) is 11.9 Å². The smallest absolute Gasteiger partial charge is 0.272 e. The first-order chi connectivity index (χ1) is 8.58. The number of nitrogens with zero attached hydrogens (tertiary/aromatic N) is 2. The Bertz CT molecular complexity index is 416. The van der Waals surface area contributed by atoms with E-state index in [1.54, 1.807) is 12.1 Å². The second kappa shape index (κ2) is 5.38. The summed E-state index contributed by atoms with van der Waals surface area (Å²) < 4.78 is 0. The molecule has 4 nitrogen and oxygen atoms in total. The van der Waals surface area contributed by atoms with E-state index in [9.17, 15) is 4.79 Å². The lowest BCUT2D eigenvalue weighted by Gasteiger charge is -2.34. The van der Waals surface area contributed by atoms with Crippen molar-refractivity contribution in [2.24, 2.45) is 5.92 Å². The molecule has 1 fully saturated rings. The summed E-state index contributed by atoms with van der Waals surface area (Å²) in [6, 6.07) is 3.76. The topological polar surface area (TPSA) is 59.2 Å². The Morgan fingerprint density at radius 1 is 1.44 bits per heavy atom. The van der Waals surface area contributed by atoms with Crippen molar-refractivity contribution in [2.45, 2.75) is 38.6 Å². The van der Waals surface area contributed by atoms with E-state index in [-0.39, 0.29) is 5.91 Å². The van der Waals surface area contributed by atoms with Gasteiger partial charge in [0, 0.05) is 13.1 Å². The number of carbonyl (C=O) groups excluding carboxylic acids is 1. The van der Waals surface area contributed by atoms with E-state index >= 15 is 0 Å². The van der Waals surface area contributed by atoms with Crippen LogP contribution in [0.25, 0.3) is 0 Å². The third kappa shape index (κ3) is 2.81. The SMILES string of the molecule is CC1CCCC(N(C)C(=O)c2ccc(N)cn2)C1. The summed E-state index contributed by atoms with van der Waals surface area (Å²) >= 11 is 0. The van der Waals surface area contributed by atoms with Crippen molar-refractivity contribution < 1.29 is 4.79 Å². The van der Waals surface area contributed by atoms with Crippen molar-refractivity contribution in [3.05, 3.63) is 24.0 Å². The zero-order valence-electron chi connectivity index (χ0n) is 11.1. The standard InChI is InChI=1S/C14H21N3O/c1-10-4-3-5-12(8-10)17(2)14(18)13-7-6-11(15)9-16-13/h6-7,9-10,12H,3-5,8,15H2,1-2H3. The average Bonchev–Trinajstić information content (AvgIpc) is 2.38. The minimum Gasteiger partial charge on any atom is -0.397 e. The maximum Gasteiger partial charge on any atom is 0.272 e. The van der Waals surface area contributed by atoms with Crippen LogP contribution in [0.15, 0.2) is 18.3 Å². The van der Waals surface area contributed by atoms with Crippen LogP contribution in [0.5, 0.6) is 0 Å². The predicted octanol–water partition coefficient (Wildman–Crippen LogP) is 2.31. The lowest BCUT2D eigenvalue weighted by Crippen LogP contribution is -2.40. The summed E-state index contributed by atoms with van der Waals surface area (Å²) in [7, 11) is 1.88. The number of pyridine rings is 1. The van der Waals surface area contributed by atoms with Gasteiger partial charge in [-0.05, 0) is 30.9 Å². The van der Waals surface area contributed by atoms with Gasteiger partial charge in [-0.1, -0.05) is 19.8 Å². The summed E-state index contributed by atoms with van der Waals surface area (Å²) in [4.78, 5) is 18.2. The highest BCUT2D eigenvalue weighted by Crippen LogP contribution is 2.27. The quantitative estimate of drug-likeness (QED) is 0.872. The van der Waals surface area contributed by atoms with Gasteiger partial charge in [0.2, 0.25) is 0 Å². The molecule has 0 radical (unpaired) electrons. The number of rotatable bonds is 2. The van der Waals surface area contributed by atoms with E-state index in [1.807, 2.05) is 11.9 Å². The zero-order valence-corrected chi connectivity index (χ0v) is 11.1. The Balaban J connectivity index is 2.06. The van der Waals surface area contributed by atoms with Crippen LogP contribution in [0, 0.1) is 5.92 Å². The molecule has 1 saturated carbocycles. The molecule has 1 aromatic heterocycles. The molecule has 2 rings (SSSR count). The van der Waals surface area contributed by atoms with Gasteiger partial charge in [-0.25, -0.2) is 4.98 Å². The normalized spacial score (nSPS) is 23.7. The van der Waals surface area contributed by atoms with Gasteiger partial charge >= 0.3 is 0 Å². The van der Waals surface area contributed by atoms with Crippen LogP contribution in [0.3, 0.4) is 0 Å². The molecule has 1 aliphatic carbocycles. The molecule has 4 heteroatoms. The van der Waals surface area contributed by atoms with Gasteiger partial charge in [-0.3, -0.25) is 4.79 Å². The largest absolute Gasteiger partial charge is 0.397 e. The predicted molar refractivity (Wildman–Crippen MR) is 72.2 cm³/mol. The summed E-state index contributed by atoms with van der Waals surface area (Å²) in [6.07, 6.45) is 6.21. The molecule has 0 aromatic carbocycles. The van der Waals surface area contributed by atoms with E-state index in [0.29, 0.717) is 23.3 Å². The molecule has 0 saturated heterocycles. The van der Waals surface area contributed by atoms with E-state index in [1.165, 1.54) is 19.0 Å². The number of anilines is 1. The highest BCUT2D eigenvalue weighted by atomic mass is 16.2. The average molecular weight is 247 g/mol. The van der Waals surface area contributed by atoms with Crippen molar-refractivity contribution in [3.63, 3.8) is 0 Å². The Hall–Kier alpha value is -1.58. The first kappa shape index (κ1) is 12.9. The molecular weight excluding hydrogens is 226 g/mol. The fraction of sp³-hybridized carbons (Fsp3) is 0.571. The molecule has 1 aromatic rings. The lowest BCUT2D eigenvalue weighted by atomic mass is 9.86. The number of carbonyl (C=O) groups is 1. The van der Waals surface area contributed by atoms with Gasteiger partial charge < -0.3 is 10.6 Å². The number of hydrogen-bond donors (Lipinski definition) is 1. The highest BCUT2D eigenvalue weighted by Gasteiger charge is 2.26. The van der Waals surface area contributed by atoms with Crippen LogP contribution in [-0.4, -0.2) is 28.9 Å². The van der Waals surface area contributed by atoms with Gasteiger partial charge in [0.15, 0.2) is 0 Å². The van der Waals surface area contributed by atoms with Crippen molar-refractivity contribution >= 4 is 11.6 Å². The molecule has 0 spiro atoms. The summed E-state index contributed by atoms with van der Waals surface area (Å²) in [6.45, 7) is 2.26. The lowest BCUT2D eigenvalue weighted by molar-refractivity contribution is 0.0666. The summed E-state index contributed by atoms with van der Waals surface area (Å²) in [5, 5.41) is 0. The monoisotopic (exact) mass is 247 g/mol. The van der Waals surface area contributed by atoms with E-state index < -0.39 is 0 Å². The molecule has 1 amide bonds. The summed E-state index contributed by atoms with van der Waals surface area (Å²) in [5.41, 5.74) is 6.64. The van der Waals surface area contributed by atoms with E-state index in [0.717, 1.165) is 12.8 Å². The molecule has 1 heterocycles. The van der Waals surface area contributed by atoms with Crippen LogP contribution in [0.2, 0.25) is 0 Å². The number of nitrogens with two attached hydrogens (primary N) is 1. The highest BCUT2D eigenvalue weighted by molar-refractivity contribution is 5.92. The first-order valence-corrected chi connectivity index (χ1v) is 6.56. The molecule has 1 aliphatic rings. The molecule has 98 valence electrons. The Morgan fingerprint density at radius 3 is 2.83 bits per heavy atom. The minimum absolute atomic E-state index is 0.00546. The molecular formula is C14H21N3O. The fourth-order valence-electron chi connectivity index (χ4n) is 2.63. The first-order valence-electron chi connectivity index (χ1n) is 6.56. The maximum atomic E-state index is 12.3. The van der Waals surface area contributed by atoms with Crippen molar-refractivity contribution in [2.75, 3.05) is 12.8 Å².